The molecule has 4 nitrogen and oxygen atoms in total. The van der Waals surface area contributed by atoms with Gasteiger partial charge in [0.2, 0.25) is 5.91 Å². The van der Waals surface area contributed by atoms with Gasteiger partial charge in [-0.1, -0.05) is 11.6 Å². The van der Waals surface area contributed by atoms with Crippen molar-refractivity contribution in [3.05, 3.63) is 29.3 Å². The average molecular weight is 206 g/mol. The van der Waals surface area contributed by atoms with Crippen LogP contribution < -0.4 is 10.6 Å². The number of likely N-dealkylation sites (N-methyl/N-ethyl adjacent to an activating group) is 1. The van der Waals surface area contributed by atoms with Crippen molar-refractivity contribution in [3.63, 3.8) is 0 Å². The SMILES string of the molecule is Cc1ccc(N(C)CC(N)=O)c(C=O)c1. The molecule has 0 bridgehead atoms. The number of primary amides is 1. The first kappa shape index (κ1) is 11.2. The third-order valence-electron chi connectivity index (χ3n) is 2.11. The number of carbonyl (C=O) groups excluding carboxylic acids is 2. The number of hydrogen-bond donors (Lipinski definition) is 1. The Balaban J connectivity index is 3.02. The van der Waals surface area contributed by atoms with Crippen molar-refractivity contribution >= 4 is 17.9 Å². The van der Waals surface area contributed by atoms with Crippen LogP contribution in [0.1, 0.15) is 15.9 Å². The van der Waals surface area contributed by atoms with Crippen LogP contribution in [0.4, 0.5) is 5.69 Å². The van der Waals surface area contributed by atoms with Crippen LogP contribution in [0.25, 0.3) is 0 Å². The number of anilines is 1. The lowest BCUT2D eigenvalue weighted by Gasteiger charge is -2.19. The molecule has 0 spiro atoms. The minimum absolute atomic E-state index is 0.101. The highest BCUT2D eigenvalue weighted by molar-refractivity contribution is 5.87. The molecule has 0 aliphatic carbocycles. The van der Waals surface area contributed by atoms with E-state index in [0.717, 1.165) is 17.5 Å². The largest absolute Gasteiger partial charge is 0.368 e. The lowest BCUT2D eigenvalue weighted by Crippen LogP contribution is -2.31. The molecule has 1 amide bonds. The predicted octanol–water partition coefficient (Wildman–Crippen LogP) is 0.729. The van der Waals surface area contributed by atoms with E-state index < -0.39 is 5.91 Å². The second-order valence-electron chi connectivity index (χ2n) is 3.50. The van der Waals surface area contributed by atoms with E-state index in [9.17, 15) is 9.59 Å². The van der Waals surface area contributed by atoms with E-state index in [1.165, 1.54) is 0 Å². The van der Waals surface area contributed by atoms with Gasteiger partial charge in [0.15, 0.2) is 6.29 Å². The van der Waals surface area contributed by atoms with Gasteiger partial charge >= 0.3 is 0 Å². The zero-order valence-corrected chi connectivity index (χ0v) is 8.86. The second kappa shape index (κ2) is 4.59. The molecule has 4 heteroatoms. The molecule has 80 valence electrons. The van der Waals surface area contributed by atoms with Crippen molar-refractivity contribution in [3.8, 4) is 0 Å². The summed E-state index contributed by atoms with van der Waals surface area (Å²) in [7, 11) is 1.72. The highest BCUT2D eigenvalue weighted by Crippen LogP contribution is 2.18. The van der Waals surface area contributed by atoms with E-state index in [1.54, 1.807) is 18.0 Å². The minimum atomic E-state index is -0.421. The lowest BCUT2D eigenvalue weighted by molar-refractivity contribution is -0.116. The molecule has 1 aromatic rings. The van der Waals surface area contributed by atoms with Crippen molar-refractivity contribution in [2.75, 3.05) is 18.5 Å². The third kappa shape index (κ3) is 2.80. The summed E-state index contributed by atoms with van der Waals surface area (Å²) in [5.74, 6) is -0.421. The molecular weight excluding hydrogens is 192 g/mol. The monoisotopic (exact) mass is 206 g/mol. The number of nitrogens with zero attached hydrogens (tertiary/aromatic N) is 1. The van der Waals surface area contributed by atoms with Crippen molar-refractivity contribution in [2.24, 2.45) is 5.73 Å². The minimum Gasteiger partial charge on any atom is -0.368 e. The summed E-state index contributed by atoms with van der Waals surface area (Å²) in [4.78, 5) is 23.2. The van der Waals surface area contributed by atoms with Crippen LogP contribution in [0.15, 0.2) is 18.2 Å². The van der Waals surface area contributed by atoms with Crippen LogP contribution in [0.2, 0.25) is 0 Å². The van der Waals surface area contributed by atoms with Crippen molar-refractivity contribution in [1.29, 1.82) is 0 Å². The topological polar surface area (TPSA) is 63.4 Å². The summed E-state index contributed by atoms with van der Waals surface area (Å²) in [5, 5.41) is 0. The number of hydrogen-bond acceptors (Lipinski definition) is 3. The highest BCUT2D eigenvalue weighted by atomic mass is 16.1. The first-order valence-electron chi connectivity index (χ1n) is 4.60. The summed E-state index contributed by atoms with van der Waals surface area (Å²) in [6.07, 6.45) is 0.778. The Morgan fingerprint density at radius 2 is 2.20 bits per heavy atom. The maximum Gasteiger partial charge on any atom is 0.236 e. The number of rotatable bonds is 4. The molecule has 0 radical (unpaired) electrons. The Bertz CT molecular complexity index is 388. The maximum atomic E-state index is 10.8. The number of aldehydes is 1. The molecule has 0 heterocycles. The van der Waals surface area contributed by atoms with E-state index in [1.807, 2.05) is 19.1 Å². The standard InChI is InChI=1S/C11H14N2O2/c1-8-3-4-10(9(5-8)7-14)13(2)6-11(12)15/h3-5,7H,6H2,1-2H3,(H2,12,15). The summed E-state index contributed by atoms with van der Waals surface area (Å²) in [6.45, 7) is 2.01. The molecule has 0 atom stereocenters. The fourth-order valence-corrected chi connectivity index (χ4v) is 1.43. The van der Waals surface area contributed by atoms with Gasteiger partial charge in [-0.2, -0.15) is 0 Å². The third-order valence-corrected chi connectivity index (χ3v) is 2.11. The molecule has 0 aliphatic heterocycles. The van der Waals surface area contributed by atoms with Gasteiger partial charge in [0.25, 0.3) is 0 Å². The highest BCUT2D eigenvalue weighted by Gasteiger charge is 2.08. The number of amides is 1. The summed E-state index contributed by atoms with van der Waals surface area (Å²) < 4.78 is 0. The molecule has 15 heavy (non-hydrogen) atoms. The van der Waals surface area contributed by atoms with E-state index in [0.29, 0.717) is 5.56 Å². The number of nitrogens with two attached hydrogens (primary N) is 1. The Morgan fingerprint density at radius 1 is 1.53 bits per heavy atom. The fraction of sp³-hybridized carbons (Fsp3) is 0.273. The van der Waals surface area contributed by atoms with Gasteiger partial charge in [-0.05, 0) is 19.1 Å². The zero-order valence-electron chi connectivity index (χ0n) is 8.86. The predicted molar refractivity (Wildman–Crippen MR) is 59.0 cm³/mol. The normalized spacial score (nSPS) is 9.73. The lowest BCUT2D eigenvalue weighted by atomic mass is 10.1. The van der Waals surface area contributed by atoms with Crippen molar-refractivity contribution < 1.29 is 9.59 Å². The van der Waals surface area contributed by atoms with Crippen LogP contribution in [-0.4, -0.2) is 25.8 Å². The number of aryl methyl sites for hydroxylation is 1. The summed E-state index contributed by atoms with van der Waals surface area (Å²) in [6, 6.07) is 5.47. The first-order valence-corrected chi connectivity index (χ1v) is 4.60. The molecule has 0 unspecified atom stereocenters. The Kier molecular flexibility index (Phi) is 3.44. The molecular formula is C11H14N2O2. The van der Waals surface area contributed by atoms with Crippen molar-refractivity contribution in [2.45, 2.75) is 6.92 Å². The van der Waals surface area contributed by atoms with E-state index in [-0.39, 0.29) is 6.54 Å². The van der Waals surface area contributed by atoms with Crippen LogP contribution in [-0.2, 0) is 4.79 Å². The number of carbonyl (C=O) groups is 2. The number of benzene rings is 1. The molecule has 1 rings (SSSR count). The van der Waals surface area contributed by atoms with E-state index >= 15 is 0 Å². The van der Waals surface area contributed by atoms with Crippen LogP contribution in [0, 0.1) is 6.92 Å². The van der Waals surface area contributed by atoms with Gasteiger partial charge in [-0.25, -0.2) is 0 Å². The van der Waals surface area contributed by atoms with Crippen molar-refractivity contribution in [1.82, 2.24) is 0 Å². The van der Waals surface area contributed by atoms with Crippen LogP contribution in [0.5, 0.6) is 0 Å². The Hall–Kier alpha value is -1.84. The maximum absolute atomic E-state index is 10.8. The van der Waals surface area contributed by atoms with Gasteiger partial charge in [0, 0.05) is 18.3 Å². The van der Waals surface area contributed by atoms with E-state index in [2.05, 4.69) is 0 Å². The quantitative estimate of drug-likeness (QED) is 0.738. The van der Waals surface area contributed by atoms with Gasteiger partial charge in [-0.3, -0.25) is 9.59 Å². The fourth-order valence-electron chi connectivity index (χ4n) is 1.43. The molecule has 0 saturated heterocycles. The average Bonchev–Trinajstić information content (AvgIpc) is 2.16. The van der Waals surface area contributed by atoms with Gasteiger partial charge in [-0.15, -0.1) is 0 Å². The Labute approximate surface area is 88.7 Å². The first-order chi connectivity index (χ1) is 7.04. The molecule has 0 fully saturated rings. The van der Waals surface area contributed by atoms with Crippen LogP contribution >= 0.6 is 0 Å². The molecule has 0 aliphatic rings. The summed E-state index contributed by atoms with van der Waals surface area (Å²) in [5.41, 5.74) is 7.38. The molecule has 0 aromatic heterocycles. The van der Waals surface area contributed by atoms with Crippen LogP contribution in [0.3, 0.4) is 0 Å². The Morgan fingerprint density at radius 3 is 2.73 bits per heavy atom. The zero-order chi connectivity index (χ0) is 11.4. The van der Waals surface area contributed by atoms with Gasteiger partial charge in [0.05, 0.1) is 6.54 Å². The molecule has 1 aromatic carbocycles. The molecule has 0 saturated carbocycles. The molecule has 2 N–H and O–H groups in total. The smallest absolute Gasteiger partial charge is 0.236 e. The summed E-state index contributed by atoms with van der Waals surface area (Å²) >= 11 is 0. The van der Waals surface area contributed by atoms with E-state index in [4.69, 9.17) is 5.73 Å². The second-order valence-corrected chi connectivity index (χ2v) is 3.50. The van der Waals surface area contributed by atoms with Gasteiger partial charge < -0.3 is 10.6 Å². The van der Waals surface area contributed by atoms with Gasteiger partial charge in [0.1, 0.15) is 0 Å².